The number of aromatic nitrogens is 3. The van der Waals surface area contributed by atoms with Crippen LogP contribution in [0.2, 0.25) is 0 Å². The Bertz CT molecular complexity index is 1120. The van der Waals surface area contributed by atoms with Gasteiger partial charge in [-0.15, -0.1) is 0 Å². The number of amides is 2. The summed E-state index contributed by atoms with van der Waals surface area (Å²) in [7, 11) is 0. The largest absolute Gasteiger partial charge is 0.384 e. The Labute approximate surface area is 165 Å². The Morgan fingerprint density at radius 3 is 2.75 bits per heavy atom. The average Bonchev–Trinajstić information content (AvgIpc) is 3.10. The Kier molecular flexibility index (Phi) is 4.86. The normalized spacial score (nSPS) is 10.8. The van der Waals surface area contributed by atoms with Crippen molar-refractivity contribution in [3.8, 4) is 22.4 Å². The third kappa shape index (κ3) is 3.63. The highest BCUT2D eigenvalue weighted by molar-refractivity contribution is 7.22. The summed E-state index contributed by atoms with van der Waals surface area (Å²) in [6.07, 6.45) is 3.49. The number of fused-ring (bicyclic) bond motifs is 1. The minimum atomic E-state index is -0.274. The van der Waals surface area contributed by atoms with Crippen molar-refractivity contribution in [1.82, 2.24) is 20.3 Å². The molecule has 0 bridgehead atoms. The maximum absolute atomic E-state index is 11.9. The molecule has 0 spiro atoms. The zero-order valence-corrected chi connectivity index (χ0v) is 16.0. The van der Waals surface area contributed by atoms with Crippen molar-refractivity contribution < 1.29 is 4.79 Å². The van der Waals surface area contributed by atoms with Gasteiger partial charge in [-0.1, -0.05) is 17.4 Å². The summed E-state index contributed by atoms with van der Waals surface area (Å²) in [4.78, 5) is 25.1. The molecule has 8 heteroatoms. The summed E-state index contributed by atoms with van der Waals surface area (Å²) in [6, 6.07) is 13.2. The van der Waals surface area contributed by atoms with Gasteiger partial charge in [0, 0.05) is 30.1 Å². The van der Waals surface area contributed by atoms with Crippen LogP contribution in [0, 0.1) is 0 Å². The molecule has 0 radical (unpaired) electrons. The number of anilines is 2. The molecule has 2 amide bonds. The molecule has 0 unspecified atom stereocenters. The van der Waals surface area contributed by atoms with Crippen molar-refractivity contribution in [3.05, 3.63) is 54.9 Å². The summed E-state index contributed by atoms with van der Waals surface area (Å²) in [6.45, 7) is 2.41. The van der Waals surface area contributed by atoms with E-state index in [2.05, 4.69) is 31.7 Å². The third-order valence-electron chi connectivity index (χ3n) is 4.11. The number of nitrogens with one attached hydrogen (secondary N) is 2. The molecule has 4 rings (SSSR count). The van der Waals surface area contributed by atoms with E-state index in [1.807, 2.05) is 37.3 Å². The van der Waals surface area contributed by atoms with Crippen LogP contribution in [0.5, 0.6) is 0 Å². The van der Waals surface area contributed by atoms with Crippen LogP contribution in [-0.2, 0) is 0 Å². The van der Waals surface area contributed by atoms with Gasteiger partial charge in [0.05, 0.1) is 15.9 Å². The molecule has 7 nitrogen and oxygen atoms in total. The van der Waals surface area contributed by atoms with E-state index in [1.165, 1.54) is 11.3 Å². The first-order valence-electron chi connectivity index (χ1n) is 8.77. The molecule has 4 aromatic rings. The van der Waals surface area contributed by atoms with E-state index in [1.54, 1.807) is 18.5 Å². The van der Waals surface area contributed by atoms with Crippen molar-refractivity contribution >= 4 is 38.5 Å². The van der Waals surface area contributed by atoms with E-state index in [0.717, 1.165) is 32.6 Å². The fraction of sp³-hybridized carbons (Fsp3) is 0.100. The average molecular weight is 390 g/mol. The number of nitrogens with zero attached hydrogens (tertiary/aromatic N) is 3. The molecule has 3 heterocycles. The van der Waals surface area contributed by atoms with Crippen molar-refractivity contribution in [2.45, 2.75) is 6.92 Å². The summed E-state index contributed by atoms with van der Waals surface area (Å²) >= 11 is 1.42. The lowest BCUT2D eigenvalue weighted by Crippen LogP contribution is -2.28. The van der Waals surface area contributed by atoms with Gasteiger partial charge < -0.3 is 11.1 Å². The number of urea groups is 1. The zero-order valence-electron chi connectivity index (χ0n) is 15.1. The van der Waals surface area contributed by atoms with Gasteiger partial charge in [-0.2, -0.15) is 0 Å². The van der Waals surface area contributed by atoms with Crippen LogP contribution in [0.1, 0.15) is 6.92 Å². The first kappa shape index (κ1) is 17.9. The first-order chi connectivity index (χ1) is 13.6. The Morgan fingerprint density at radius 2 is 2.04 bits per heavy atom. The second-order valence-corrected chi connectivity index (χ2v) is 7.06. The van der Waals surface area contributed by atoms with Crippen molar-refractivity contribution in [2.24, 2.45) is 0 Å². The smallest absolute Gasteiger partial charge is 0.321 e. The first-order valence-corrected chi connectivity index (χ1v) is 9.58. The maximum Gasteiger partial charge on any atom is 0.321 e. The molecule has 0 saturated heterocycles. The number of pyridine rings is 2. The monoisotopic (exact) mass is 390 g/mol. The minimum Gasteiger partial charge on any atom is -0.384 e. The molecule has 0 atom stereocenters. The lowest BCUT2D eigenvalue weighted by molar-refractivity contribution is 0.252. The number of nitrogen functional groups attached to an aromatic ring is 1. The number of carbonyl (C=O) groups is 1. The summed E-state index contributed by atoms with van der Waals surface area (Å²) < 4.78 is 0.956. The lowest BCUT2D eigenvalue weighted by atomic mass is 10.0. The fourth-order valence-electron chi connectivity index (χ4n) is 2.84. The molecule has 28 heavy (non-hydrogen) atoms. The summed E-state index contributed by atoms with van der Waals surface area (Å²) in [5.74, 6) is 0.469. The molecule has 4 N–H and O–H groups in total. The van der Waals surface area contributed by atoms with Gasteiger partial charge in [-0.3, -0.25) is 10.3 Å². The predicted molar refractivity (Wildman–Crippen MR) is 113 cm³/mol. The molecule has 0 fully saturated rings. The topological polar surface area (TPSA) is 106 Å². The number of benzene rings is 1. The van der Waals surface area contributed by atoms with Crippen molar-refractivity contribution in [2.75, 3.05) is 17.6 Å². The number of nitrogens with two attached hydrogens (primary N) is 1. The van der Waals surface area contributed by atoms with Gasteiger partial charge in [0.15, 0.2) is 5.13 Å². The van der Waals surface area contributed by atoms with Crippen LogP contribution in [0.3, 0.4) is 0 Å². The van der Waals surface area contributed by atoms with E-state index in [4.69, 9.17) is 5.73 Å². The molecule has 0 aliphatic rings. The number of rotatable bonds is 4. The molecule has 0 aliphatic heterocycles. The van der Waals surface area contributed by atoms with Gasteiger partial charge >= 0.3 is 6.03 Å². The van der Waals surface area contributed by atoms with Gasteiger partial charge in [-0.25, -0.2) is 14.8 Å². The van der Waals surface area contributed by atoms with Crippen LogP contribution in [-0.4, -0.2) is 27.5 Å². The molecular formula is C20H18N6OS. The van der Waals surface area contributed by atoms with Crippen molar-refractivity contribution in [1.29, 1.82) is 0 Å². The van der Waals surface area contributed by atoms with E-state index in [0.29, 0.717) is 17.5 Å². The molecule has 3 aromatic heterocycles. The SMILES string of the molecule is CCNC(=O)Nc1nc2cc(-c3ccc(N)nc3)cc(-c3ccccn3)c2s1. The highest BCUT2D eigenvalue weighted by Crippen LogP contribution is 2.38. The van der Waals surface area contributed by atoms with Crippen molar-refractivity contribution in [3.63, 3.8) is 0 Å². The molecule has 140 valence electrons. The summed E-state index contributed by atoms with van der Waals surface area (Å²) in [5.41, 5.74) is 10.2. The van der Waals surface area contributed by atoms with Gasteiger partial charge in [0.2, 0.25) is 0 Å². The number of carbonyl (C=O) groups excluding carboxylic acids is 1. The van der Waals surface area contributed by atoms with Crippen LogP contribution >= 0.6 is 11.3 Å². The third-order valence-corrected chi connectivity index (χ3v) is 5.13. The highest BCUT2D eigenvalue weighted by atomic mass is 32.1. The molecule has 0 saturated carbocycles. The zero-order chi connectivity index (χ0) is 19.5. The lowest BCUT2D eigenvalue weighted by Gasteiger charge is -2.07. The number of thiazole rings is 1. The van der Waals surface area contributed by atoms with E-state index in [9.17, 15) is 4.79 Å². The Balaban J connectivity index is 1.86. The second kappa shape index (κ2) is 7.61. The molecule has 1 aromatic carbocycles. The van der Waals surface area contributed by atoms with Crippen LogP contribution in [0.15, 0.2) is 54.9 Å². The van der Waals surface area contributed by atoms with Gasteiger partial charge in [-0.05, 0) is 48.9 Å². The Hall–Kier alpha value is -3.52. The van der Waals surface area contributed by atoms with Crippen LogP contribution < -0.4 is 16.4 Å². The fourth-order valence-corrected chi connectivity index (χ4v) is 3.81. The van der Waals surface area contributed by atoms with Gasteiger partial charge in [0.25, 0.3) is 0 Å². The maximum atomic E-state index is 11.9. The Morgan fingerprint density at radius 1 is 1.14 bits per heavy atom. The van der Waals surface area contributed by atoms with Crippen LogP contribution in [0.4, 0.5) is 15.7 Å². The van der Waals surface area contributed by atoms with Crippen LogP contribution in [0.25, 0.3) is 32.6 Å². The van der Waals surface area contributed by atoms with Gasteiger partial charge in [0.1, 0.15) is 5.82 Å². The van der Waals surface area contributed by atoms with E-state index < -0.39 is 0 Å². The second-order valence-electron chi connectivity index (χ2n) is 6.06. The minimum absolute atomic E-state index is 0.274. The quantitative estimate of drug-likeness (QED) is 0.485. The standard InChI is InChI=1S/C20H18N6OS/c1-2-22-19(27)26-20-25-16-10-13(12-6-7-17(21)24-11-12)9-14(18(16)28-20)15-5-3-4-8-23-15/h3-11H,2H2,1H3,(H2,21,24)(H2,22,25,26,27). The summed E-state index contributed by atoms with van der Waals surface area (Å²) in [5, 5.41) is 6.03. The van der Waals surface area contributed by atoms with E-state index >= 15 is 0 Å². The number of hydrogen-bond acceptors (Lipinski definition) is 6. The highest BCUT2D eigenvalue weighted by Gasteiger charge is 2.15. The molecule has 0 aliphatic carbocycles. The predicted octanol–water partition coefficient (Wildman–Crippen LogP) is 4.14. The molecular weight excluding hydrogens is 372 g/mol. The van der Waals surface area contributed by atoms with E-state index in [-0.39, 0.29) is 6.03 Å². The number of hydrogen-bond donors (Lipinski definition) is 3.